The number of aryl methyl sites for hydroxylation is 1. The maximum absolute atomic E-state index is 12.2. The Hall–Kier alpha value is -2.36. The molecule has 1 aliphatic heterocycles. The summed E-state index contributed by atoms with van der Waals surface area (Å²) in [7, 11) is 1.60. The maximum atomic E-state index is 12.2. The molecule has 0 radical (unpaired) electrons. The van der Waals surface area contributed by atoms with Crippen molar-refractivity contribution in [3.63, 3.8) is 0 Å². The zero-order valence-corrected chi connectivity index (χ0v) is 14.3. The average molecular weight is 341 g/mol. The summed E-state index contributed by atoms with van der Waals surface area (Å²) in [5.74, 6) is 0.310. The summed E-state index contributed by atoms with van der Waals surface area (Å²) in [6.45, 7) is 6.20. The van der Waals surface area contributed by atoms with Crippen molar-refractivity contribution in [1.82, 2.24) is 14.7 Å². The number of nitrogens with zero attached hydrogens (tertiary/aromatic N) is 5. The molecule has 2 heterocycles. The van der Waals surface area contributed by atoms with Gasteiger partial charge in [-0.2, -0.15) is 5.10 Å². The number of hydrogen-bond acceptors (Lipinski definition) is 7. The van der Waals surface area contributed by atoms with Crippen LogP contribution in [-0.2, 0) is 11.8 Å². The number of aliphatic hydroxyl groups excluding tert-OH is 1. The fourth-order valence-corrected chi connectivity index (χ4v) is 2.59. The Labute approximate surface area is 139 Å². The second-order valence-corrected chi connectivity index (χ2v) is 6.76. The summed E-state index contributed by atoms with van der Waals surface area (Å²) in [6.07, 6.45) is -0.185. The summed E-state index contributed by atoms with van der Waals surface area (Å²) >= 11 is 0. The molecule has 1 aromatic rings. The van der Waals surface area contributed by atoms with Crippen molar-refractivity contribution < 1.29 is 19.6 Å². The number of amides is 1. The minimum atomic E-state index is -0.852. The van der Waals surface area contributed by atoms with Crippen LogP contribution in [0.1, 0.15) is 20.8 Å². The first-order valence-corrected chi connectivity index (χ1v) is 7.66. The van der Waals surface area contributed by atoms with Gasteiger partial charge in [-0.05, 0) is 20.8 Å². The Bertz CT molecular complexity index is 624. The van der Waals surface area contributed by atoms with Crippen LogP contribution in [0.15, 0.2) is 6.20 Å². The molecule has 0 unspecified atom stereocenters. The highest BCUT2D eigenvalue weighted by Gasteiger charge is 2.32. The molecule has 0 saturated carbocycles. The van der Waals surface area contributed by atoms with Gasteiger partial charge in [0.2, 0.25) is 5.82 Å². The van der Waals surface area contributed by atoms with Crippen molar-refractivity contribution in [1.29, 1.82) is 0 Å². The van der Waals surface area contributed by atoms with Crippen molar-refractivity contribution in [2.75, 3.05) is 31.1 Å². The molecule has 1 aromatic heterocycles. The number of carbonyl (C=O) groups excluding carboxylic acids is 1. The largest absolute Gasteiger partial charge is 0.444 e. The monoisotopic (exact) mass is 341 g/mol. The maximum Gasteiger partial charge on any atom is 0.410 e. The minimum absolute atomic E-state index is 0.108. The molecule has 24 heavy (non-hydrogen) atoms. The lowest BCUT2D eigenvalue weighted by Gasteiger charge is -2.26. The van der Waals surface area contributed by atoms with Gasteiger partial charge in [-0.25, -0.2) is 9.48 Å². The van der Waals surface area contributed by atoms with Crippen molar-refractivity contribution in [3.05, 3.63) is 16.3 Å². The molecule has 1 amide bonds. The van der Waals surface area contributed by atoms with Crippen LogP contribution >= 0.6 is 0 Å². The van der Waals surface area contributed by atoms with Crippen LogP contribution in [0, 0.1) is 10.1 Å². The molecule has 1 N–H and O–H groups in total. The molecule has 1 fully saturated rings. The third-order valence-corrected chi connectivity index (χ3v) is 3.54. The third-order valence-electron chi connectivity index (χ3n) is 3.54. The molecule has 10 nitrogen and oxygen atoms in total. The topological polar surface area (TPSA) is 114 Å². The Morgan fingerprint density at radius 3 is 2.67 bits per heavy atom. The van der Waals surface area contributed by atoms with E-state index in [0.29, 0.717) is 12.4 Å². The van der Waals surface area contributed by atoms with Crippen molar-refractivity contribution >= 4 is 17.6 Å². The van der Waals surface area contributed by atoms with Gasteiger partial charge in [0.15, 0.2) is 0 Å². The van der Waals surface area contributed by atoms with E-state index >= 15 is 0 Å². The molecule has 2 rings (SSSR count). The molecular weight excluding hydrogens is 318 g/mol. The molecule has 0 spiro atoms. The Kier molecular flexibility index (Phi) is 4.97. The quantitative estimate of drug-likeness (QED) is 0.623. The SMILES string of the molecule is Cn1ncc([N+](=O)[O-])c1N1CCN(C(=O)OC(C)(C)C)C[C@@H](O)C1. The summed E-state index contributed by atoms with van der Waals surface area (Å²) < 4.78 is 6.72. The first-order valence-electron chi connectivity index (χ1n) is 7.66. The number of anilines is 1. The van der Waals surface area contributed by atoms with Gasteiger partial charge in [-0.3, -0.25) is 10.1 Å². The lowest BCUT2D eigenvalue weighted by Crippen LogP contribution is -2.41. The number of rotatable bonds is 2. The fourth-order valence-electron chi connectivity index (χ4n) is 2.59. The highest BCUT2D eigenvalue weighted by molar-refractivity contribution is 5.68. The minimum Gasteiger partial charge on any atom is -0.444 e. The van der Waals surface area contributed by atoms with Gasteiger partial charge in [0.25, 0.3) is 0 Å². The lowest BCUT2D eigenvalue weighted by molar-refractivity contribution is -0.384. The van der Waals surface area contributed by atoms with E-state index in [1.54, 1.807) is 32.7 Å². The average Bonchev–Trinajstić information content (AvgIpc) is 2.70. The molecule has 0 bridgehead atoms. The summed E-state index contributed by atoms with van der Waals surface area (Å²) in [4.78, 5) is 25.9. The number of nitro groups is 1. The second kappa shape index (κ2) is 6.63. The van der Waals surface area contributed by atoms with Gasteiger partial charge < -0.3 is 19.6 Å². The molecule has 134 valence electrons. The van der Waals surface area contributed by atoms with Crippen molar-refractivity contribution in [2.24, 2.45) is 7.05 Å². The normalized spacial score (nSPS) is 19.1. The molecule has 1 atom stereocenters. The zero-order chi connectivity index (χ0) is 18.1. The number of carbonyl (C=O) groups is 1. The number of aromatic nitrogens is 2. The first kappa shape index (κ1) is 18.0. The van der Waals surface area contributed by atoms with Crippen LogP contribution in [-0.4, -0.2) is 68.7 Å². The van der Waals surface area contributed by atoms with Crippen LogP contribution < -0.4 is 4.90 Å². The van der Waals surface area contributed by atoms with Crippen LogP contribution in [0.3, 0.4) is 0 Å². The van der Waals surface area contributed by atoms with E-state index in [9.17, 15) is 20.0 Å². The molecule has 1 saturated heterocycles. The van der Waals surface area contributed by atoms with Gasteiger partial charge in [0.05, 0.1) is 17.6 Å². The van der Waals surface area contributed by atoms with E-state index in [4.69, 9.17) is 4.74 Å². The summed E-state index contributed by atoms with van der Waals surface area (Å²) in [5.41, 5.74) is -0.759. The van der Waals surface area contributed by atoms with Gasteiger partial charge in [-0.1, -0.05) is 0 Å². The van der Waals surface area contributed by atoms with Gasteiger partial charge in [-0.15, -0.1) is 0 Å². The van der Waals surface area contributed by atoms with Crippen LogP contribution in [0.5, 0.6) is 0 Å². The molecule has 0 aliphatic carbocycles. The molecule has 1 aliphatic rings. The van der Waals surface area contributed by atoms with Crippen LogP contribution in [0.25, 0.3) is 0 Å². The van der Waals surface area contributed by atoms with Crippen LogP contribution in [0.2, 0.25) is 0 Å². The van der Waals surface area contributed by atoms with E-state index in [1.165, 1.54) is 15.8 Å². The fraction of sp³-hybridized carbons (Fsp3) is 0.714. The Morgan fingerprint density at radius 1 is 1.42 bits per heavy atom. The molecule has 0 aromatic carbocycles. The third kappa shape index (κ3) is 4.13. The predicted octanol–water partition coefficient (Wildman–Crippen LogP) is 0.746. The second-order valence-electron chi connectivity index (χ2n) is 6.76. The van der Waals surface area contributed by atoms with E-state index in [0.717, 1.165) is 0 Å². The smallest absolute Gasteiger partial charge is 0.410 e. The highest BCUT2D eigenvalue weighted by Crippen LogP contribution is 2.28. The van der Waals surface area contributed by atoms with E-state index < -0.39 is 22.7 Å². The molecule has 10 heteroatoms. The predicted molar refractivity (Wildman–Crippen MR) is 85.9 cm³/mol. The van der Waals surface area contributed by atoms with Gasteiger partial charge in [0.1, 0.15) is 11.8 Å². The Balaban J connectivity index is 2.17. The van der Waals surface area contributed by atoms with Crippen LogP contribution in [0.4, 0.5) is 16.3 Å². The van der Waals surface area contributed by atoms with E-state index in [1.807, 2.05) is 0 Å². The first-order chi connectivity index (χ1) is 11.1. The van der Waals surface area contributed by atoms with Crippen molar-refractivity contribution in [2.45, 2.75) is 32.5 Å². The lowest BCUT2D eigenvalue weighted by atomic mass is 10.2. The highest BCUT2D eigenvalue weighted by atomic mass is 16.6. The summed E-state index contributed by atoms with van der Waals surface area (Å²) in [5, 5.41) is 25.3. The van der Waals surface area contributed by atoms with E-state index in [-0.39, 0.29) is 25.3 Å². The number of β-amino-alcohol motifs (C(OH)–C–C–N with tert-alkyl or cyclic N) is 1. The number of aliphatic hydroxyl groups is 1. The van der Waals surface area contributed by atoms with Crippen molar-refractivity contribution in [3.8, 4) is 0 Å². The van der Waals surface area contributed by atoms with E-state index in [2.05, 4.69) is 5.10 Å². The number of hydrogen-bond donors (Lipinski definition) is 1. The summed E-state index contributed by atoms with van der Waals surface area (Å²) in [6, 6.07) is 0. The van der Waals surface area contributed by atoms with Gasteiger partial charge >= 0.3 is 11.8 Å². The standard InChI is InChI=1S/C14H23N5O5/c1-14(2,3)24-13(21)18-6-5-17(8-10(20)9-18)12-11(19(22)23)7-15-16(12)4/h7,10,20H,5-6,8-9H2,1-4H3/t10-/m0/s1. The Morgan fingerprint density at radius 2 is 2.08 bits per heavy atom. The zero-order valence-electron chi connectivity index (χ0n) is 14.3. The van der Waals surface area contributed by atoms with Gasteiger partial charge in [0, 0.05) is 26.7 Å². The number of ether oxygens (including phenoxy) is 1. The molecular formula is C14H23N5O5.